The molecule has 2 aromatic rings. The van der Waals surface area contributed by atoms with Crippen molar-refractivity contribution in [2.75, 3.05) is 11.4 Å². The molecular formula is C21H24N2. The number of hydrogen-bond acceptors (Lipinski definition) is 2. The van der Waals surface area contributed by atoms with E-state index in [1.807, 2.05) is 0 Å². The Bertz CT molecular complexity index is 727. The number of aryl methyl sites for hydroxylation is 2. The van der Waals surface area contributed by atoms with Gasteiger partial charge in [0, 0.05) is 18.3 Å². The van der Waals surface area contributed by atoms with E-state index in [4.69, 9.17) is 5.26 Å². The molecule has 0 saturated carbocycles. The van der Waals surface area contributed by atoms with Crippen LogP contribution < -0.4 is 4.90 Å². The molecule has 2 aromatic carbocycles. The molecule has 3 rings (SSSR count). The second-order valence-electron chi connectivity index (χ2n) is 6.57. The number of nitrogens with zero attached hydrogens (tertiary/aromatic N) is 2. The Morgan fingerprint density at radius 3 is 2.61 bits per heavy atom. The van der Waals surface area contributed by atoms with Gasteiger partial charge in [0.25, 0.3) is 0 Å². The van der Waals surface area contributed by atoms with Crippen molar-refractivity contribution in [3.05, 3.63) is 64.7 Å². The molecule has 1 unspecified atom stereocenters. The average molecular weight is 304 g/mol. The minimum absolute atomic E-state index is 0.390. The summed E-state index contributed by atoms with van der Waals surface area (Å²) in [6, 6.07) is 18.1. The first-order valence-electron chi connectivity index (χ1n) is 8.46. The van der Waals surface area contributed by atoms with Crippen molar-refractivity contribution in [3.8, 4) is 6.07 Å². The van der Waals surface area contributed by atoms with E-state index in [2.05, 4.69) is 67.3 Å². The first kappa shape index (κ1) is 15.6. The van der Waals surface area contributed by atoms with E-state index in [-0.39, 0.29) is 0 Å². The Kier molecular flexibility index (Phi) is 4.67. The van der Waals surface area contributed by atoms with E-state index < -0.39 is 0 Å². The van der Waals surface area contributed by atoms with Crippen LogP contribution in [0.3, 0.4) is 0 Å². The quantitative estimate of drug-likeness (QED) is 0.813. The summed E-state index contributed by atoms with van der Waals surface area (Å²) in [5.74, 6) is 0. The van der Waals surface area contributed by atoms with Crippen molar-refractivity contribution in [1.29, 1.82) is 5.26 Å². The molecule has 0 amide bonds. The summed E-state index contributed by atoms with van der Waals surface area (Å²) in [6.45, 7) is 5.45. The van der Waals surface area contributed by atoms with Gasteiger partial charge in [0.1, 0.15) is 0 Å². The van der Waals surface area contributed by atoms with Gasteiger partial charge in [0.15, 0.2) is 0 Å². The first-order valence-corrected chi connectivity index (χ1v) is 8.46. The lowest BCUT2D eigenvalue weighted by Gasteiger charge is -2.26. The molecule has 1 fully saturated rings. The predicted octanol–water partition coefficient (Wildman–Crippen LogP) is 4.78. The van der Waals surface area contributed by atoms with Crippen LogP contribution in [0.1, 0.15) is 41.5 Å². The standard InChI is InChI=1S/C21H24N2/c1-16-6-3-4-7-18(16)15-19-9-10-21(14-17(19)2)23-13-5-8-20(23)11-12-22/h3-4,6-7,9-10,14,20H,5,8,11,13,15H2,1-2H3. The molecule has 1 heterocycles. The number of benzene rings is 2. The number of nitriles is 1. The molecule has 23 heavy (non-hydrogen) atoms. The third kappa shape index (κ3) is 3.40. The Morgan fingerprint density at radius 1 is 1.09 bits per heavy atom. The second kappa shape index (κ2) is 6.87. The molecule has 1 saturated heterocycles. The Labute approximate surface area is 139 Å². The predicted molar refractivity (Wildman–Crippen MR) is 95.8 cm³/mol. The minimum atomic E-state index is 0.390. The highest BCUT2D eigenvalue weighted by molar-refractivity contribution is 5.53. The molecule has 2 heteroatoms. The van der Waals surface area contributed by atoms with Gasteiger partial charge in [-0.25, -0.2) is 0 Å². The van der Waals surface area contributed by atoms with Crippen molar-refractivity contribution in [2.45, 2.75) is 45.6 Å². The van der Waals surface area contributed by atoms with Crippen molar-refractivity contribution in [1.82, 2.24) is 0 Å². The molecule has 0 N–H and O–H groups in total. The topological polar surface area (TPSA) is 27.0 Å². The van der Waals surface area contributed by atoms with Gasteiger partial charge in [-0.05, 0) is 67.5 Å². The largest absolute Gasteiger partial charge is 0.368 e. The van der Waals surface area contributed by atoms with Gasteiger partial charge in [0.05, 0.1) is 12.5 Å². The van der Waals surface area contributed by atoms with E-state index in [0.29, 0.717) is 12.5 Å². The van der Waals surface area contributed by atoms with Gasteiger partial charge in [0.2, 0.25) is 0 Å². The fraction of sp³-hybridized carbons (Fsp3) is 0.381. The highest BCUT2D eigenvalue weighted by atomic mass is 15.2. The number of rotatable bonds is 4. The summed E-state index contributed by atoms with van der Waals surface area (Å²) in [5.41, 5.74) is 6.75. The zero-order valence-electron chi connectivity index (χ0n) is 14.0. The lowest BCUT2D eigenvalue weighted by Crippen LogP contribution is -2.28. The summed E-state index contributed by atoms with van der Waals surface area (Å²) in [4.78, 5) is 2.41. The van der Waals surface area contributed by atoms with Crippen LogP contribution in [0.2, 0.25) is 0 Å². The van der Waals surface area contributed by atoms with E-state index in [1.165, 1.54) is 34.4 Å². The SMILES string of the molecule is Cc1ccccc1Cc1ccc(N2CCCC2CC#N)cc1C. The third-order valence-corrected chi connectivity index (χ3v) is 5.00. The van der Waals surface area contributed by atoms with E-state index in [0.717, 1.165) is 19.4 Å². The molecular weight excluding hydrogens is 280 g/mol. The third-order valence-electron chi connectivity index (χ3n) is 5.00. The smallest absolute Gasteiger partial charge is 0.0643 e. The maximum Gasteiger partial charge on any atom is 0.0643 e. The molecule has 0 spiro atoms. The van der Waals surface area contributed by atoms with Crippen LogP contribution in [-0.2, 0) is 6.42 Å². The molecule has 0 aliphatic carbocycles. The summed E-state index contributed by atoms with van der Waals surface area (Å²) >= 11 is 0. The van der Waals surface area contributed by atoms with Crippen molar-refractivity contribution in [2.24, 2.45) is 0 Å². The maximum absolute atomic E-state index is 9.00. The number of anilines is 1. The zero-order chi connectivity index (χ0) is 16.2. The van der Waals surface area contributed by atoms with E-state index >= 15 is 0 Å². The van der Waals surface area contributed by atoms with Gasteiger partial charge < -0.3 is 4.90 Å². The van der Waals surface area contributed by atoms with Crippen LogP contribution in [-0.4, -0.2) is 12.6 Å². The van der Waals surface area contributed by atoms with Crippen LogP contribution >= 0.6 is 0 Å². The summed E-state index contributed by atoms with van der Waals surface area (Å²) in [7, 11) is 0. The van der Waals surface area contributed by atoms with E-state index in [9.17, 15) is 0 Å². The van der Waals surface area contributed by atoms with Crippen LogP contribution in [0.25, 0.3) is 0 Å². The molecule has 1 aliphatic rings. The molecule has 0 aromatic heterocycles. The summed E-state index contributed by atoms with van der Waals surface area (Å²) in [6.07, 6.45) is 3.94. The molecule has 1 atom stereocenters. The van der Waals surface area contributed by atoms with E-state index in [1.54, 1.807) is 0 Å². The van der Waals surface area contributed by atoms with Gasteiger partial charge in [-0.2, -0.15) is 5.26 Å². The van der Waals surface area contributed by atoms with Crippen LogP contribution in [0.15, 0.2) is 42.5 Å². The Morgan fingerprint density at radius 2 is 1.87 bits per heavy atom. The highest BCUT2D eigenvalue weighted by Gasteiger charge is 2.24. The molecule has 118 valence electrons. The van der Waals surface area contributed by atoms with Crippen molar-refractivity contribution in [3.63, 3.8) is 0 Å². The fourth-order valence-corrected chi connectivity index (χ4v) is 3.56. The van der Waals surface area contributed by atoms with Crippen LogP contribution in [0.5, 0.6) is 0 Å². The molecule has 0 bridgehead atoms. The second-order valence-corrected chi connectivity index (χ2v) is 6.57. The van der Waals surface area contributed by atoms with Gasteiger partial charge >= 0.3 is 0 Å². The van der Waals surface area contributed by atoms with Crippen molar-refractivity contribution >= 4 is 5.69 Å². The first-order chi connectivity index (χ1) is 11.2. The van der Waals surface area contributed by atoms with Gasteiger partial charge in [-0.3, -0.25) is 0 Å². The molecule has 0 radical (unpaired) electrons. The Hall–Kier alpha value is -2.27. The monoisotopic (exact) mass is 304 g/mol. The molecule has 2 nitrogen and oxygen atoms in total. The van der Waals surface area contributed by atoms with Gasteiger partial charge in [-0.1, -0.05) is 30.3 Å². The van der Waals surface area contributed by atoms with Crippen LogP contribution in [0.4, 0.5) is 5.69 Å². The maximum atomic E-state index is 9.00. The average Bonchev–Trinajstić information content (AvgIpc) is 3.00. The number of hydrogen-bond donors (Lipinski definition) is 0. The highest BCUT2D eigenvalue weighted by Crippen LogP contribution is 2.29. The summed E-state index contributed by atoms with van der Waals surface area (Å²) in [5, 5.41) is 9.00. The lowest BCUT2D eigenvalue weighted by atomic mass is 9.97. The minimum Gasteiger partial charge on any atom is -0.368 e. The Balaban J connectivity index is 1.81. The summed E-state index contributed by atoms with van der Waals surface area (Å²) < 4.78 is 0. The fourth-order valence-electron chi connectivity index (χ4n) is 3.56. The van der Waals surface area contributed by atoms with Crippen molar-refractivity contribution < 1.29 is 0 Å². The lowest BCUT2D eigenvalue weighted by molar-refractivity contribution is 0.683. The molecule has 1 aliphatic heterocycles. The van der Waals surface area contributed by atoms with Gasteiger partial charge in [-0.15, -0.1) is 0 Å². The zero-order valence-corrected chi connectivity index (χ0v) is 14.0. The van der Waals surface area contributed by atoms with Crippen LogP contribution in [0, 0.1) is 25.2 Å². The normalized spacial score (nSPS) is 17.3.